The number of fused-ring (bicyclic) bond motifs is 2. The van der Waals surface area contributed by atoms with Crippen LogP contribution in [0.15, 0.2) is 0 Å². The molecule has 0 amide bonds. The maximum Gasteiger partial charge on any atom is 0.0845 e. The van der Waals surface area contributed by atoms with Crippen LogP contribution in [0.3, 0.4) is 0 Å². The van der Waals surface area contributed by atoms with Crippen LogP contribution in [0.5, 0.6) is 0 Å². The monoisotopic (exact) mass is 352 g/mol. The quantitative estimate of drug-likeness (QED) is 0.617. The van der Waals surface area contributed by atoms with Gasteiger partial charge >= 0.3 is 0 Å². The van der Waals surface area contributed by atoms with Gasteiger partial charge in [0.25, 0.3) is 0 Å². The molecule has 2 heterocycles. The van der Waals surface area contributed by atoms with Gasteiger partial charge in [-0.05, 0) is 78.1 Å². The van der Waals surface area contributed by atoms with E-state index < -0.39 is 0 Å². The first-order valence-corrected chi connectivity index (χ1v) is 10.4. The van der Waals surface area contributed by atoms with E-state index in [1.165, 1.54) is 38.5 Å². The molecule has 0 N–H and O–H groups in total. The molecule has 2 aliphatic heterocycles. The van der Waals surface area contributed by atoms with Crippen molar-refractivity contribution in [1.82, 2.24) is 0 Å². The van der Waals surface area contributed by atoms with Crippen LogP contribution in [-0.2, 0) is 18.9 Å². The molecule has 4 aliphatic rings. The molecular weight excluding hydrogens is 316 g/mol. The van der Waals surface area contributed by atoms with Crippen molar-refractivity contribution in [2.45, 2.75) is 108 Å². The van der Waals surface area contributed by atoms with Crippen LogP contribution in [0.4, 0.5) is 0 Å². The second kappa shape index (κ2) is 6.78. The molecule has 2 aliphatic carbocycles. The number of epoxide rings is 2. The fourth-order valence-electron chi connectivity index (χ4n) is 5.09. The molecule has 25 heavy (non-hydrogen) atoms. The van der Waals surface area contributed by atoms with Crippen molar-refractivity contribution in [1.29, 1.82) is 0 Å². The number of hydrogen-bond acceptors (Lipinski definition) is 4. The predicted octanol–water partition coefficient (Wildman–Crippen LogP) is 4.10. The Kier molecular flexibility index (Phi) is 4.94. The predicted molar refractivity (Wildman–Crippen MR) is 96.7 cm³/mol. The molecule has 4 nitrogen and oxygen atoms in total. The molecule has 4 fully saturated rings. The van der Waals surface area contributed by atoms with E-state index in [2.05, 4.69) is 27.7 Å². The average Bonchev–Trinajstić information content (AvgIpc) is 3.42. The summed E-state index contributed by atoms with van der Waals surface area (Å²) in [6, 6.07) is 0. The van der Waals surface area contributed by atoms with Gasteiger partial charge in [0.05, 0.1) is 48.8 Å². The molecule has 4 heteroatoms. The molecule has 4 rings (SSSR count). The second-order valence-electron chi connectivity index (χ2n) is 10.1. The van der Waals surface area contributed by atoms with Gasteiger partial charge in [0.2, 0.25) is 0 Å². The van der Waals surface area contributed by atoms with Crippen molar-refractivity contribution in [3.05, 3.63) is 0 Å². The van der Waals surface area contributed by atoms with Gasteiger partial charge in [-0.2, -0.15) is 0 Å². The van der Waals surface area contributed by atoms with Gasteiger partial charge in [0, 0.05) is 6.42 Å². The summed E-state index contributed by atoms with van der Waals surface area (Å²) in [5.41, 5.74) is -0.302. The van der Waals surface area contributed by atoms with Gasteiger partial charge in [0.1, 0.15) is 0 Å². The summed E-state index contributed by atoms with van der Waals surface area (Å²) in [6.45, 7) is 10.6. The van der Waals surface area contributed by atoms with Crippen LogP contribution in [-0.4, -0.2) is 48.8 Å². The molecule has 2 saturated heterocycles. The van der Waals surface area contributed by atoms with Crippen molar-refractivity contribution < 1.29 is 18.9 Å². The summed E-state index contributed by atoms with van der Waals surface area (Å²) in [5, 5.41) is 0. The zero-order valence-corrected chi connectivity index (χ0v) is 16.5. The topological polar surface area (TPSA) is 43.5 Å². The van der Waals surface area contributed by atoms with Gasteiger partial charge in [-0.15, -0.1) is 0 Å². The Morgan fingerprint density at radius 1 is 0.680 bits per heavy atom. The molecule has 0 radical (unpaired) electrons. The minimum Gasteiger partial charge on any atom is -0.375 e. The van der Waals surface area contributed by atoms with Gasteiger partial charge in [0.15, 0.2) is 0 Å². The van der Waals surface area contributed by atoms with E-state index in [1.54, 1.807) is 0 Å². The molecular formula is C21H36O4. The lowest BCUT2D eigenvalue weighted by molar-refractivity contribution is -0.115. The first-order chi connectivity index (χ1) is 11.8. The highest BCUT2D eigenvalue weighted by atomic mass is 16.6. The standard InChI is InChI=1S/C21H36O4/c1-20(2,22-11-14-5-7-16-18(9-14)24-16)13-21(3,4)23-12-15-6-8-17-19(10-15)25-17/h14-19H,5-13H2,1-4H3. The van der Waals surface area contributed by atoms with Crippen molar-refractivity contribution in [3.63, 3.8) is 0 Å². The molecule has 6 unspecified atom stereocenters. The van der Waals surface area contributed by atoms with Crippen molar-refractivity contribution in [3.8, 4) is 0 Å². The van der Waals surface area contributed by atoms with Crippen LogP contribution < -0.4 is 0 Å². The third kappa shape index (κ3) is 4.97. The summed E-state index contributed by atoms with van der Waals surface area (Å²) in [5.74, 6) is 1.33. The Balaban J connectivity index is 1.18. The molecule has 0 spiro atoms. The first-order valence-electron chi connectivity index (χ1n) is 10.4. The van der Waals surface area contributed by atoms with Crippen LogP contribution in [0, 0.1) is 11.8 Å². The summed E-state index contributed by atoms with van der Waals surface area (Å²) >= 11 is 0. The lowest BCUT2D eigenvalue weighted by Crippen LogP contribution is -2.39. The summed E-state index contributed by atoms with van der Waals surface area (Å²) in [4.78, 5) is 0. The minimum absolute atomic E-state index is 0.151. The fourth-order valence-corrected chi connectivity index (χ4v) is 5.09. The Bertz CT molecular complexity index is 433. The Morgan fingerprint density at radius 3 is 1.52 bits per heavy atom. The van der Waals surface area contributed by atoms with Crippen molar-refractivity contribution in [2.75, 3.05) is 13.2 Å². The average molecular weight is 353 g/mol. The summed E-state index contributed by atoms with van der Waals surface area (Å²) in [6.07, 6.45) is 10.5. The van der Waals surface area contributed by atoms with E-state index in [-0.39, 0.29) is 11.2 Å². The van der Waals surface area contributed by atoms with Gasteiger partial charge < -0.3 is 18.9 Å². The van der Waals surface area contributed by atoms with Crippen molar-refractivity contribution >= 4 is 0 Å². The molecule has 144 valence electrons. The smallest absolute Gasteiger partial charge is 0.0845 e. The van der Waals surface area contributed by atoms with E-state index in [0.29, 0.717) is 36.3 Å². The number of rotatable bonds is 8. The molecule has 0 aromatic carbocycles. The van der Waals surface area contributed by atoms with E-state index in [9.17, 15) is 0 Å². The minimum atomic E-state index is -0.151. The summed E-state index contributed by atoms with van der Waals surface area (Å²) in [7, 11) is 0. The normalized spacial score (nSPS) is 40.3. The largest absolute Gasteiger partial charge is 0.375 e. The van der Waals surface area contributed by atoms with Crippen LogP contribution >= 0.6 is 0 Å². The molecule has 0 aromatic heterocycles. The maximum absolute atomic E-state index is 6.33. The van der Waals surface area contributed by atoms with Gasteiger partial charge in [-0.25, -0.2) is 0 Å². The van der Waals surface area contributed by atoms with E-state index in [4.69, 9.17) is 18.9 Å². The SMILES string of the molecule is CC(C)(CC(C)(C)OCC1CCC2OC2C1)OCC1CCC2OC2C1. The Labute approximate surface area is 152 Å². The highest BCUT2D eigenvalue weighted by molar-refractivity contribution is 4.93. The highest BCUT2D eigenvalue weighted by Gasteiger charge is 2.45. The van der Waals surface area contributed by atoms with E-state index >= 15 is 0 Å². The zero-order chi connectivity index (χ0) is 17.7. The summed E-state index contributed by atoms with van der Waals surface area (Å²) < 4.78 is 23.9. The molecule has 6 atom stereocenters. The van der Waals surface area contributed by atoms with Crippen LogP contribution in [0.2, 0.25) is 0 Å². The lowest BCUT2D eigenvalue weighted by atomic mass is 9.88. The van der Waals surface area contributed by atoms with Crippen LogP contribution in [0.1, 0.15) is 72.6 Å². The number of hydrogen-bond donors (Lipinski definition) is 0. The molecule has 0 bridgehead atoms. The maximum atomic E-state index is 6.33. The van der Waals surface area contributed by atoms with E-state index in [1.807, 2.05) is 0 Å². The van der Waals surface area contributed by atoms with Gasteiger partial charge in [-0.3, -0.25) is 0 Å². The fraction of sp³-hybridized carbons (Fsp3) is 1.00. The zero-order valence-electron chi connectivity index (χ0n) is 16.5. The Hall–Kier alpha value is -0.160. The van der Waals surface area contributed by atoms with Crippen LogP contribution in [0.25, 0.3) is 0 Å². The second-order valence-corrected chi connectivity index (χ2v) is 10.1. The van der Waals surface area contributed by atoms with Gasteiger partial charge in [-0.1, -0.05) is 0 Å². The highest BCUT2D eigenvalue weighted by Crippen LogP contribution is 2.41. The third-order valence-corrected chi connectivity index (χ3v) is 6.50. The van der Waals surface area contributed by atoms with E-state index in [0.717, 1.165) is 19.6 Å². The number of ether oxygens (including phenoxy) is 4. The molecule has 0 aromatic rings. The Morgan fingerprint density at radius 2 is 1.12 bits per heavy atom. The molecule has 2 saturated carbocycles. The van der Waals surface area contributed by atoms with Crippen molar-refractivity contribution in [2.24, 2.45) is 11.8 Å². The first kappa shape index (κ1) is 18.2. The third-order valence-electron chi connectivity index (χ3n) is 6.50. The lowest BCUT2D eigenvalue weighted by Gasteiger charge is -2.37.